The Morgan fingerprint density at radius 2 is 1.87 bits per heavy atom. The molecular weight excluding hydrogens is 184 g/mol. The summed E-state index contributed by atoms with van der Waals surface area (Å²) >= 11 is 0. The number of hydrogen-bond acceptors (Lipinski definition) is 2. The summed E-state index contributed by atoms with van der Waals surface area (Å²) in [5, 5.41) is 3.65. The standard InChI is InChI=1S/C13H28N2/c1-4-13(8-5-6-9-13)12-14-10-7-11-15(2)3/h14H,4-12H2,1-3H3. The largest absolute Gasteiger partial charge is 0.316 e. The molecule has 0 aromatic rings. The number of nitrogens with one attached hydrogen (secondary N) is 1. The minimum atomic E-state index is 0.651. The van der Waals surface area contributed by atoms with Gasteiger partial charge in [-0.1, -0.05) is 19.8 Å². The molecule has 1 saturated carbocycles. The van der Waals surface area contributed by atoms with Crippen molar-refractivity contribution in [1.82, 2.24) is 10.2 Å². The minimum Gasteiger partial charge on any atom is -0.316 e. The maximum absolute atomic E-state index is 3.65. The van der Waals surface area contributed by atoms with Gasteiger partial charge in [0.1, 0.15) is 0 Å². The molecule has 0 aliphatic heterocycles. The number of hydrogen-bond donors (Lipinski definition) is 1. The van der Waals surface area contributed by atoms with Gasteiger partial charge in [-0.15, -0.1) is 0 Å². The van der Waals surface area contributed by atoms with Crippen molar-refractivity contribution in [3.8, 4) is 0 Å². The van der Waals surface area contributed by atoms with E-state index in [0.717, 1.165) is 0 Å². The van der Waals surface area contributed by atoms with Crippen LogP contribution in [0.3, 0.4) is 0 Å². The summed E-state index contributed by atoms with van der Waals surface area (Å²) in [5.41, 5.74) is 0.651. The van der Waals surface area contributed by atoms with Crippen molar-refractivity contribution >= 4 is 0 Å². The zero-order valence-corrected chi connectivity index (χ0v) is 10.8. The van der Waals surface area contributed by atoms with Crippen molar-refractivity contribution in [3.63, 3.8) is 0 Å². The van der Waals surface area contributed by atoms with Crippen LogP contribution in [0.1, 0.15) is 45.4 Å². The van der Waals surface area contributed by atoms with Gasteiger partial charge in [0.15, 0.2) is 0 Å². The summed E-state index contributed by atoms with van der Waals surface area (Å²) in [4.78, 5) is 2.26. The Hall–Kier alpha value is -0.0800. The molecule has 0 saturated heterocycles. The van der Waals surface area contributed by atoms with Crippen LogP contribution in [0, 0.1) is 5.41 Å². The highest BCUT2D eigenvalue weighted by Crippen LogP contribution is 2.40. The topological polar surface area (TPSA) is 15.3 Å². The molecule has 2 heteroatoms. The Balaban J connectivity index is 2.07. The first-order chi connectivity index (χ1) is 7.18. The molecule has 0 heterocycles. The van der Waals surface area contributed by atoms with Crippen molar-refractivity contribution < 1.29 is 0 Å². The van der Waals surface area contributed by atoms with Crippen LogP contribution in [0.5, 0.6) is 0 Å². The maximum Gasteiger partial charge on any atom is 0.000771 e. The van der Waals surface area contributed by atoms with Gasteiger partial charge in [-0.2, -0.15) is 0 Å². The Morgan fingerprint density at radius 3 is 2.40 bits per heavy atom. The van der Waals surface area contributed by atoms with E-state index >= 15 is 0 Å². The van der Waals surface area contributed by atoms with E-state index in [4.69, 9.17) is 0 Å². The first-order valence-electron chi connectivity index (χ1n) is 6.54. The van der Waals surface area contributed by atoms with E-state index in [9.17, 15) is 0 Å². The first kappa shape index (κ1) is 13.0. The molecular formula is C13H28N2. The quantitative estimate of drug-likeness (QED) is 0.652. The second kappa shape index (κ2) is 6.49. The summed E-state index contributed by atoms with van der Waals surface area (Å²) in [6.45, 7) is 5.98. The molecule has 0 atom stereocenters. The summed E-state index contributed by atoms with van der Waals surface area (Å²) < 4.78 is 0. The van der Waals surface area contributed by atoms with Gasteiger partial charge < -0.3 is 10.2 Å². The third-order valence-electron chi connectivity index (χ3n) is 3.87. The normalized spacial score (nSPS) is 20.0. The first-order valence-corrected chi connectivity index (χ1v) is 6.54. The van der Waals surface area contributed by atoms with Crippen LogP contribution in [0.2, 0.25) is 0 Å². The lowest BCUT2D eigenvalue weighted by molar-refractivity contribution is 0.266. The molecule has 1 aliphatic rings. The summed E-state index contributed by atoms with van der Waals surface area (Å²) in [6, 6.07) is 0. The smallest absolute Gasteiger partial charge is 0.000771 e. The van der Waals surface area contributed by atoms with Gasteiger partial charge in [0.2, 0.25) is 0 Å². The van der Waals surface area contributed by atoms with Crippen molar-refractivity contribution in [2.75, 3.05) is 33.7 Å². The van der Waals surface area contributed by atoms with Crippen molar-refractivity contribution in [2.24, 2.45) is 5.41 Å². The zero-order chi connectivity index (χ0) is 11.1. The van der Waals surface area contributed by atoms with E-state index < -0.39 is 0 Å². The number of rotatable bonds is 7. The van der Waals surface area contributed by atoms with E-state index in [-0.39, 0.29) is 0 Å². The van der Waals surface area contributed by atoms with Gasteiger partial charge in [0.05, 0.1) is 0 Å². The molecule has 0 unspecified atom stereocenters. The van der Waals surface area contributed by atoms with E-state index in [2.05, 4.69) is 31.2 Å². The Kier molecular flexibility index (Phi) is 5.62. The molecule has 0 spiro atoms. The second-order valence-corrected chi connectivity index (χ2v) is 5.39. The highest BCUT2D eigenvalue weighted by atomic mass is 15.1. The predicted molar refractivity (Wildman–Crippen MR) is 67.2 cm³/mol. The second-order valence-electron chi connectivity index (χ2n) is 5.39. The molecule has 0 amide bonds. The molecule has 2 nitrogen and oxygen atoms in total. The van der Waals surface area contributed by atoms with Crippen molar-refractivity contribution in [1.29, 1.82) is 0 Å². The van der Waals surface area contributed by atoms with Crippen LogP contribution in [0.15, 0.2) is 0 Å². The molecule has 90 valence electrons. The Morgan fingerprint density at radius 1 is 1.20 bits per heavy atom. The lowest BCUT2D eigenvalue weighted by atomic mass is 9.83. The lowest BCUT2D eigenvalue weighted by Crippen LogP contribution is -2.33. The molecule has 1 fully saturated rings. The Bertz CT molecular complexity index is 160. The molecule has 0 aromatic heterocycles. The van der Waals surface area contributed by atoms with Crippen LogP contribution < -0.4 is 5.32 Å². The summed E-state index contributed by atoms with van der Waals surface area (Å²) in [7, 11) is 4.29. The lowest BCUT2D eigenvalue weighted by Gasteiger charge is -2.27. The zero-order valence-electron chi connectivity index (χ0n) is 10.8. The molecule has 15 heavy (non-hydrogen) atoms. The van der Waals surface area contributed by atoms with E-state index in [1.54, 1.807) is 0 Å². The molecule has 1 rings (SSSR count). The van der Waals surface area contributed by atoms with Crippen LogP contribution in [-0.2, 0) is 0 Å². The van der Waals surface area contributed by atoms with E-state index in [1.807, 2.05) is 0 Å². The van der Waals surface area contributed by atoms with Crippen molar-refractivity contribution in [2.45, 2.75) is 45.4 Å². The van der Waals surface area contributed by atoms with Crippen LogP contribution in [-0.4, -0.2) is 38.6 Å². The average molecular weight is 212 g/mol. The van der Waals surface area contributed by atoms with E-state index in [0.29, 0.717) is 5.41 Å². The minimum absolute atomic E-state index is 0.651. The van der Waals surface area contributed by atoms with Gasteiger partial charge in [-0.25, -0.2) is 0 Å². The van der Waals surface area contributed by atoms with Crippen molar-refractivity contribution in [3.05, 3.63) is 0 Å². The predicted octanol–water partition coefficient (Wildman–Crippen LogP) is 2.50. The molecule has 0 bridgehead atoms. The highest BCUT2D eigenvalue weighted by molar-refractivity contribution is 4.85. The third-order valence-corrected chi connectivity index (χ3v) is 3.87. The van der Waals surface area contributed by atoms with Gasteiger partial charge >= 0.3 is 0 Å². The molecule has 1 aliphatic carbocycles. The fraction of sp³-hybridized carbons (Fsp3) is 1.00. The molecule has 0 aromatic carbocycles. The van der Waals surface area contributed by atoms with Gasteiger partial charge in [0.25, 0.3) is 0 Å². The molecule has 1 N–H and O–H groups in total. The van der Waals surface area contributed by atoms with E-state index in [1.165, 1.54) is 58.2 Å². The molecule has 0 radical (unpaired) electrons. The third kappa shape index (κ3) is 4.52. The monoisotopic (exact) mass is 212 g/mol. The van der Waals surface area contributed by atoms with Gasteiger partial charge in [-0.05, 0) is 58.3 Å². The average Bonchev–Trinajstić information content (AvgIpc) is 2.66. The fourth-order valence-electron chi connectivity index (χ4n) is 2.65. The summed E-state index contributed by atoms with van der Waals surface area (Å²) in [6.07, 6.45) is 8.43. The number of nitrogens with zero attached hydrogens (tertiary/aromatic N) is 1. The Labute approximate surface area is 95.4 Å². The van der Waals surface area contributed by atoms with Crippen LogP contribution >= 0.6 is 0 Å². The van der Waals surface area contributed by atoms with Gasteiger partial charge in [-0.3, -0.25) is 0 Å². The summed E-state index contributed by atoms with van der Waals surface area (Å²) in [5.74, 6) is 0. The van der Waals surface area contributed by atoms with Crippen LogP contribution in [0.25, 0.3) is 0 Å². The highest BCUT2D eigenvalue weighted by Gasteiger charge is 2.31. The SMILES string of the molecule is CCC1(CNCCCN(C)C)CCCC1. The van der Waals surface area contributed by atoms with Gasteiger partial charge in [0, 0.05) is 6.54 Å². The van der Waals surface area contributed by atoms with Crippen LogP contribution in [0.4, 0.5) is 0 Å². The maximum atomic E-state index is 3.65. The fourth-order valence-corrected chi connectivity index (χ4v) is 2.65.